The summed E-state index contributed by atoms with van der Waals surface area (Å²) in [5.74, 6) is -0.960. The van der Waals surface area contributed by atoms with Crippen LogP contribution in [0.3, 0.4) is 0 Å². The van der Waals surface area contributed by atoms with E-state index in [1.54, 1.807) is 30.9 Å². The van der Waals surface area contributed by atoms with Crippen molar-refractivity contribution in [3.8, 4) is 22.5 Å². The first kappa shape index (κ1) is 16.7. The van der Waals surface area contributed by atoms with Crippen molar-refractivity contribution in [1.29, 1.82) is 0 Å². The SMILES string of the molecule is O=C(O)c1ccccc1-c1c(-c2ccccc2)ncn1Cc1cccnc1. The molecule has 0 radical (unpaired) electrons. The molecule has 0 spiro atoms. The summed E-state index contributed by atoms with van der Waals surface area (Å²) in [5, 5.41) is 9.67. The Morgan fingerprint density at radius 2 is 1.74 bits per heavy atom. The summed E-state index contributed by atoms with van der Waals surface area (Å²) in [5.41, 5.74) is 4.39. The maximum absolute atomic E-state index is 11.8. The number of carboxylic acid groups (broad SMARTS) is 1. The van der Waals surface area contributed by atoms with E-state index >= 15 is 0 Å². The number of pyridine rings is 1. The smallest absolute Gasteiger partial charge is 0.336 e. The van der Waals surface area contributed by atoms with Gasteiger partial charge >= 0.3 is 5.97 Å². The van der Waals surface area contributed by atoms with Gasteiger partial charge in [0.25, 0.3) is 0 Å². The van der Waals surface area contributed by atoms with E-state index in [2.05, 4.69) is 9.97 Å². The Hall–Kier alpha value is -3.73. The standard InChI is InChI=1S/C22H17N3O2/c26-22(27)19-11-5-4-10-18(19)21-20(17-8-2-1-3-9-17)24-15-25(21)14-16-7-6-12-23-13-16/h1-13,15H,14H2,(H,26,27). The molecule has 0 aliphatic heterocycles. The molecule has 27 heavy (non-hydrogen) atoms. The topological polar surface area (TPSA) is 68.0 Å². The number of hydrogen-bond acceptors (Lipinski definition) is 3. The molecule has 0 atom stereocenters. The van der Waals surface area contributed by atoms with Crippen LogP contribution in [0, 0.1) is 0 Å². The number of rotatable bonds is 5. The first-order chi connectivity index (χ1) is 13.2. The number of aromatic nitrogens is 3. The minimum Gasteiger partial charge on any atom is -0.478 e. The molecule has 0 unspecified atom stereocenters. The predicted octanol–water partition coefficient (Wildman–Crippen LogP) is 4.36. The van der Waals surface area contributed by atoms with E-state index in [9.17, 15) is 9.90 Å². The van der Waals surface area contributed by atoms with Gasteiger partial charge in [-0.3, -0.25) is 4.98 Å². The largest absolute Gasteiger partial charge is 0.478 e. The number of nitrogens with zero attached hydrogens (tertiary/aromatic N) is 3. The third-order valence-electron chi connectivity index (χ3n) is 4.37. The molecule has 132 valence electrons. The van der Waals surface area contributed by atoms with Crippen LogP contribution in [-0.4, -0.2) is 25.6 Å². The minimum atomic E-state index is -0.960. The Morgan fingerprint density at radius 1 is 0.963 bits per heavy atom. The normalized spacial score (nSPS) is 10.7. The Bertz CT molecular complexity index is 1070. The van der Waals surface area contributed by atoms with E-state index in [1.165, 1.54) is 0 Å². The second kappa shape index (κ2) is 7.25. The summed E-state index contributed by atoms with van der Waals surface area (Å²) >= 11 is 0. The molecule has 5 nitrogen and oxygen atoms in total. The minimum absolute atomic E-state index is 0.252. The van der Waals surface area contributed by atoms with Crippen molar-refractivity contribution in [3.63, 3.8) is 0 Å². The number of benzene rings is 2. The predicted molar refractivity (Wildman–Crippen MR) is 103 cm³/mol. The van der Waals surface area contributed by atoms with E-state index in [4.69, 9.17) is 0 Å². The lowest BCUT2D eigenvalue weighted by molar-refractivity contribution is 0.0697. The maximum atomic E-state index is 11.8. The van der Waals surface area contributed by atoms with E-state index in [0.717, 1.165) is 22.5 Å². The van der Waals surface area contributed by atoms with Gasteiger partial charge in [-0.05, 0) is 17.7 Å². The highest BCUT2D eigenvalue weighted by atomic mass is 16.4. The fourth-order valence-electron chi connectivity index (χ4n) is 3.16. The lowest BCUT2D eigenvalue weighted by Crippen LogP contribution is -2.05. The first-order valence-electron chi connectivity index (χ1n) is 8.56. The van der Waals surface area contributed by atoms with Crippen molar-refractivity contribution in [3.05, 3.63) is 96.6 Å². The molecule has 2 heterocycles. The summed E-state index contributed by atoms with van der Waals surface area (Å²) in [6, 6.07) is 20.7. The van der Waals surface area contributed by atoms with Gasteiger partial charge in [0.15, 0.2) is 0 Å². The molecular weight excluding hydrogens is 338 g/mol. The molecule has 0 bridgehead atoms. The Balaban J connectivity index is 1.92. The third kappa shape index (κ3) is 3.35. The molecular formula is C22H17N3O2. The monoisotopic (exact) mass is 355 g/mol. The van der Waals surface area contributed by atoms with E-state index in [-0.39, 0.29) is 5.56 Å². The molecule has 2 aromatic carbocycles. The van der Waals surface area contributed by atoms with E-state index < -0.39 is 5.97 Å². The molecule has 0 aliphatic carbocycles. The molecule has 0 saturated heterocycles. The lowest BCUT2D eigenvalue weighted by atomic mass is 10.00. The van der Waals surface area contributed by atoms with Crippen LogP contribution in [0.4, 0.5) is 0 Å². The van der Waals surface area contributed by atoms with Gasteiger partial charge in [-0.2, -0.15) is 0 Å². The van der Waals surface area contributed by atoms with E-state index in [1.807, 2.05) is 59.2 Å². The average Bonchev–Trinajstić information content (AvgIpc) is 3.12. The van der Waals surface area contributed by atoms with Crippen molar-refractivity contribution in [2.75, 3.05) is 0 Å². The third-order valence-corrected chi connectivity index (χ3v) is 4.37. The van der Waals surface area contributed by atoms with Crippen molar-refractivity contribution in [2.24, 2.45) is 0 Å². The average molecular weight is 355 g/mol. The Kier molecular flexibility index (Phi) is 4.49. The van der Waals surface area contributed by atoms with Gasteiger partial charge in [0.1, 0.15) is 0 Å². The van der Waals surface area contributed by atoms with Gasteiger partial charge in [-0.15, -0.1) is 0 Å². The summed E-state index contributed by atoms with van der Waals surface area (Å²) < 4.78 is 1.97. The molecule has 4 aromatic rings. The molecule has 4 rings (SSSR count). The fraction of sp³-hybridized carbons (Fsp3) is 0.0455. The highest BCUT2D eigenvalue weighted by Gasteiger charge is 2.20. The van der Waals surface area contributed by atoms with Gasteiger partial charge < -0.3 is 9.67 Å². The van der Waals surface area contributed by atoms with Gasteiger partial charge in [-0.25, -0.2) is 9.78 Å². The summed E-state index contributed by atoms with van der Waals surface area (Å²) in [7, 11) is 0. The highest BCUT2D eigenvalue weighted by Crippen LogP contribution is 2.33. The van der Waals surface area contributed by atoms with Gasteiger partial charge in [0.2, 0.25) is 0 Å². The van der Waals surface area contributed by atoms with Crippen LogP contribution in [0.15, 0.2) is 85.5 Å². The molecule has 5 heteroatoms. The molecule has 0 amide bonds. The van der Waals surface area contributed by atoms with E-state index in [0.29, 0.717) is 12.1 Å². The van der Waals surface area contributed by atoms with Crippen molar-refractivity contribution < 1.29 is 9.90 Å². The number of hydrogen-bond donors (Lipinski definition) is 1. The van der Waals surface area contributed by atoms with Crippen LogP contribution in [0.5, 0.6) is 0 Å². The second-order valence-electron chi connectivity index (χ2n) is 6.15. The van der Waals surface area contributed by atoms with Gasteiger partial charge in [0, 0.05) is 23.5 Å². The zero-order valence-corrected chi connectivity index (χ0v) is 14.5. The van der Waals surface area contributed by atoms with Gasteiger partial charge in [0.05, 0.1) is 29.8 Å². The number of carbonyl (C=O) groups is 1. The fourth-order valence-corrected chi connectivity index (χ4v) is 3.16. The van der Waals surface area contributed by atoms with Crippen molar-refractivity contribution >= 4 is 5.97 Å². The number of aromatic carboxylic acids is 1. The van der Waals surface area contributed by atoms with Crippen LogP contribution >= 0.6 is 0 Å². The van der Waals surface area contributed by atoms with Crippen LogP contribution in [-0.2, 0) is 6.54 Å². The Labute approximate surface area is 156 Å². The summed E-state index contributed by atoms with van der Waals surface area (Å²) in [6.07, 6.45) is 5.28. The quantitative estimate of drug-likeness (QED) is 0.578. The van der Waals surface area contributed by atoms with Gasteiger partial charge in [-0.1, -0.05) is 54.6 Å². The van der Waals surface area contributed by atoms with Crippen molar-refractivity contribution in [2.45, 2.75) is 6.54 Å². The zero-order chi connectivity index (χ0) is 18.6. The van der Waals surface area contributed by atoms with Crippen molar-refractivity contribution in [1.82, 2.24) is 14.5 Å². The Morgan fingerprint density at radius 3 is 2.48 bits per heavy atom. The summed E-state index contributed by atoms with van der Waals surface area (Å²) in [4.78, 5) is 20.6. The lowest BCUT2D eigenvalue weighted by Gasteiger charge is -2.13. The molecule has 2 aromatic heterocycles. The molecule has 0 aliphatic rings. The zero-order valence-electron chi connectivity index (χ0n) is 14.5. The van der Waals surface area contributed by atoms with Crippen LogP contribution < -0.4 is 0 Å². The maximum Gasteiger partial charge on any atom is 0.336 e. The van der Waals surface area contributed by atoms with Crippen LogP contribution in [0.2, 0.25) is 0 Å². The summed E-state index contributed by atoms with van der Waals surface area (Å²) in [6.45, 7) is 0.553. The first-order valence-corrected chi connectivity index (χ1v) is 8.56. The molecule has 1 N–H and O–H groups in total. The molecule has 0 saturated carbocycles. The molecule has 0 fully saturated rings. The highest BCUT2D eigenvalue weighted by molar-refractivity contribution is 5.97. The second-order valence-corrected chi connectivity index (χ2v) is 6.15. The number of carboxylic acids is 1. The number of imidazole rings is 1. The van der Waals surface area contributed by atoms with Crippen LogP contribution in [0.1, 0.15) is 15.9 Å². The van der Waals surface area contributed by atoms with Crippen LogP contribution in [0.25, 0.3) is 22.5 Å².